The SMILES string of the molecule is Cc1cc(F)ccc1C(=O)NCCCCn1ccnc1. The number of halogens is 1. The van der Waals surface area contributed by atoms with Gasteiger partial charge in [-0.2, -0.15) is 0 Å². The van der Waals surface area contributed by atoms with Crippen LogP contribution in [0.2, 0.25) is 0 Å². The Balaban J connectivity index is 1.72. The number of nitrogens with zero attached hydrogens (tertiary/aromatic N) is 2. The largest absolute Gasteiger partial charge is 0.352 e. The number of aryl methyl sites for hydroxylation is 2. The maximum absolute atomic E-state index is 13.0. The van der Waals surface area contributed by atoms with Gasteiger partial charge in [-0.25, -0.2) is 9.37 Å². The van der Waals surface area contributed by atoms with Gasteiger partial charge in [-0.15, -0.1) is 0 Å². The molecular weight excluding hydrogens is 257 g/mol. The Bertz CT molecular complexity index is 567. The van der Waals surface area contributed by atoms with Crippen molar-refractivity contribution in [3.8, 4) is 0 Å². The number of benzene rings is 1. The Labute approximate surface area is 117 Å². The van der Waals surface area contributed by atoms with Crippen LogP contribution in [-0.4, -0.2) is 22.0 Å². The van der Waals surface area contributed by atoms with Crippen molar-refractivity contribution in [3.05, 3.63) is 53.9 Å². The third-order valence-electron chi connectivity index (χ3n) is 3.12. The van der Waals surface area contributed by atoms with E-state index in [1.807, 2.05) is 10.8 Å². The number of imidazole rings is 1. The number of carbonyl (C=O) groups excluding carboxylic acids is 1. The summed E-state index contributed by atoms with van der Waals surface area (Å²) in [6.45, 7) is 3.24. The second-order valence-electron chi connectivity index (χ2n) is 4.72. The molecule has 0 aliphatic heterocycles. The summed E-state index contributed by atoms with van der Waals surface area (Å²) >= 11 is 0. The maximum Gasteiger partial charge on any atom is 0.251 e. The molecule has 1 aromatic heterocycles. The van der Waals surface area contributed by atoms with Crippen molar-refractivity contribution in [2.75, 3.05) is 6.54 Å². The number of amides is 1. The van der Waals surface area contributed by atoms with E-state index in [1.54, 1.807) is 19.4 Å². The zero-order valence-electron chi connectivity index (χ0n) is 11.5. The van der Waals surface area contributed by atoms with E-state index in [-0.39, 0.29) is 11.7 Å². The molecule has 5 heteroatoms. The average Bonchev–Trinajstić information content (AvgIpc) is 2.91. The summed E-state index contributed by atoms with van der Waals surface area (Å²) in [5.41, 5.74) is 1.18. The molecule has 0 unspecified atom stereocenters. The molecule has 2 aromatic rings. The lowest BCUT2D eigenvalue weighted by atomic mass is 10.1. The summed E-state index contributed by atoms with van der Waals surface area (Å²) in [5.74, 6) is -0.468. The topological polar surface area (TPSA) is 46.9 Å². The van der Waals surface area contributed by atoms with Gasteiger partial charge in [0.05, 0.1) is 6.33 Å². The molecule has 20 heavy (non-hydrogen) atoms. The number of hydrogen-bond acceptors (Lipinski definition) is 2. The molecule has 0 radical (unpaired) electrons. The Morgan fingerprint density at radius 1 is 1.40 bits per heavy atom. The molecule has 4 nitrogen and oxygen atoms in total. The van der Waals surface area contributed by atoms with Crippen LogP contribution in [-0.2, 0) is 6.54 Å². The number of hydrogen-bond donors (Lipinski definition) is 1. The first-order valence-electron chi connectivity index (χ1n) is 6.67. The van der Waals surface area contributed by atoms with Crippen molar-refractivity contribution >= 4 is 5.91 Å². The molecule has 1 aromatic carbocycles. The minimum Gasteiger partial charge on any atom is -0.352 e. The van der Waals surface area contributed by atoms with Gasteiger partial charge in [0.25, 0.3) is 5.91 Å². The van der Waals surface area contributed by atoms with Crippen molar-refractivity contribution in [2.45, 2.75) is 26.3 Å². The highest BCUT2D eigenvalue weighted by atomic mass is 19.1. The van der Waals surface area contributed by atoms with Crippen LogP contribution in [0.3, 0.4) is 0 Å². The normalized spacial score (nSPS) is 10.5. The molecule has 1 heterocycles. The fourth-order valence-electron chi connectivity index (χ4n) is 2.02. The van der Waals surface area contributed by atoms with Gasteiger partial charge < -0.3 is 9.88 Å². The lowest BCUT2D eigenvalue weighted by Crippen LogP contribution is -2.25. The molecule has 0 bridgehead atoms. The highest BCUT2D eigenvalue weighted by Gasteiger charge is 2.08. The first-order valence-corrected chi connectivity index (χ1v) is 6.67. The molecule has 0 aliphatic rings. The smallest absolute Gasteiger partial charge is 0.251 e. The van der Waals surface area contributed by atoms with E-state index >= 15 is 0 Å². The Morgan fingerprint density at radius 2 is 2.25 bits per heavy atom. The molecule has 0 fully saturated rings. The van der Waals surface area contributed by atoms with E-state index in [0.717, 1.165) is 19.4 Å². The monoisotopic (exact) mass is 275 g/mol. The number of unbranched alkanes of at least 4 members (excludes halogenated alkanes) is 1. The van der Waals surface area contributed by atoms with E-state index < -0.39 is 0 Å². The van der Waals surface area contributed by atoms with Crippen LogP contribution in [0.15, 0.2) is 36.9 Å². The number of carbonyl (C=O) groups is 1. The second kappa shape index (κ2) is 6.84. The molecule has 0 spiro atoms. The van der Waals surface area contributed by atoms with Crippen molar-refractivity contribution in [1.29, 1.82) is 0 Å². The standard InChI is InChI=1S/C15H18FN3O/c1-12-10-13(16)4-5-14(12)15(20)18-6-2-3-8-19-9-7-17-11-19/h4-5,7,9-11H,2-3,6,8H2,1H3,(H,18,20). The van der Waals surface area contributed by atoms with E-state index in [1.165, 1.54) is 18.2 Å². The number of nitrogens with one attached hydrogen (secondary N) is 1. The second-order valence-corrected chi connectivity index (χ2v) is 4.72. The van der Waals surface area contributed by atoms with Crippen LogP contribution in [0.1, 0.15) is 28.8 Å². The predicted octanol–water partition coefficient (Wildman–Crippen LogP) is 2.54. The molecule has 2 rings (SSSR count). The molecule has 0 atom stereocenters. The molecule has 0 aliphatic carbocycles. The Kier molecular flexibility index (Phi) is 4.87. The summed E-state index contributed by atoms with van der Waals surface area (Å²) < 4.78 is 15.0. The van der Waals surface area contributed by atoms with Crippen LogP contribution in [0.5, 0.6) is 0 Å². The van der Waals surface area contributed by atoms with E-state index in [9.17, 15) is 9.18 Å². The van der Waals surface area contributed by atoms with E-state index in [2.05, 4.69) is 10.3 Å². The quantitative estimate of drug-likeness (QED) is 0.823. The summed E-state index contributed by atoms with van der Waals surface area (Å²) in [6, 6.07) is 4.19. The Hall–Kier alpha value is -2.17. The summed E-state index contributed by atoms with van der Waals surface area (Å²) in [5, 5.41) is 2.85. The fraction of sp³-hybridized carbons (Fsp3) is 0.333. The third-order valence-corrected chi connectivity index (χ3v) is 3.12. The molecule has 0 saturated carbocycles. The fourth-order valence-corrected chi connectivity index (χ4v) is 2.02. The summed E-state index contributed by atoms with van der Waals surface area (Å²) in [6.07, 6.45) is 7.31. The van der Waals surface area contributed by atoms with Crippen molar-refractivity contribution in [3.63, 3.8) is 0 Å². The van der Waals surface area contributed by atoms with Gasteiger partial charge in [0.2, 0.25) is 0 Å². The van der Waals surface area contributed by atoms with Gasteiger partial charge in [-0.05, 0) is 43.5 Å². The lowest BCUT2D eigenvalue weighted by Gasteiger charge is -2.08. The molecular formula is C15H18FN3O. The summed E-state index contributed by atoms with van der Waals surface area (Å²) in [7, 11) is 0. The number of aromatic nitrogens is 2. The van der Waals surface area contributed by atoms with Gasteiger partial charge in [0, 0.05) is 31.0 Å². The molecule has 1 amide bonds. The highest BCUT2D eigenvalue weighted by molar-refractivity contribution is 5.95. The molecule has 1 N–H and O–H groups in total. The van der Waals surface area contributed by atoms with Gasteiger partial charge in [0.15, 0.2) is 0 Å². The van der Waals surface area contributed by atoms with Crippen molar-refractivity contribution in [1.82, 2.24) is 14.9 Å². The van der Waals surface area contributed by atoms with Crippen LogP contribution < -0.4 is 5.32 Å². The van der Waals surface area contributed by atoms with Crippen molar-refractivity contribution < 1.29 is 9.18 Å². The van der Waals surface area contributed by atoms with Crippen molar-refractivity contribution in [2.24, 2.45) is 0 Å². The summed E-state index contributed by atoms with van der Waals surface area (Å²) in [4.78, 5) is 15.9. The van der Waals surface area contributed by atoms with Crippen LogP contribution in [0.4, 0.5) is 4.39 Å². The van der Waals surface area contributed by atoms with Crippen LogP contribution in [0, 0.1) is 12.7 Å². The third kappa shape index (κ3) is 3.91. The lowest BCUT2D eigenvalue weighted by molar-refractivity contribution is 0.0952. The number of rotatable bonds is 6. The average molecular weight is 275 g/mol. The van der Waals surface area contributed by atoms with Crippen LogP contribution >= 0.6 is 0 Å². The van der Waals surface area contributed by atoms with E-state index in [0.29, 0.717) is 17.7 Å². The van der Waals surface area contributed by atoms with Gasteiger partial charge in [-0.1, -0.05) is 0 Å². The zero-order chi connectivity index (χ0) is 14.4. The van der Waals surface area contributed by atoms with Crippen LogP contribution in [0.25, 0.3) is 0 Å². The molecule has 106 valence electrons. The van der Waals surface area contributed by atoms with Gasteiger partial charge in [0.1, 0.15) is 5.82 Å². The molecule has 0 saturated heterocycles. The first kappa shape index (κ1) is 14.2. The van der Waals surface area contributed by atoms with Gasteiger partial charge in [-0.3, -0.25) is 4.79 Å². The zero-order valence-corrected chi connectivity index (χ0v) is 11.5. The minimum absolute atomic E-state index is 0.148. The first-order chi connectivity index (χ1) is 9.66. The highest BCUT2D eigenvalue weighted by Crippen LogP contribution is 2.09. The minimum atomic E-state index is -0.320. The maximum atomic E-state index is 13.0. The van der Waals surface area contributed by atoms with Gasteiger partial charge >= 0.3 is 0 Å². The Morgan fingerprint density at radius 3 is 2.95 bits per heavy atom. The predicted molar refractivity (Wildman–Crippen MR) is 74.9 cm³/mol. The van der Waals surface area contributed by atoms with E-state index in [4.69, 9.17) is 0 Å².